The number of ether oxygens (including phenoxy) is 1. The van der Waals surface area contributed by atoms with Gasteiger partial charge >= 0.3 is 0 Å². The van der Waals surface area contributed by atoms with Crippen LogP contribution >= 0.6 is 11.6 Å². The van der Waals surface area contributed by atoms with E-state index in [0.717, 1.165) is 50.5 Å². The first-order valence-corrected chi connectivity index (χ1v) is 8.74. The highest BCUT2D eigenvalue weighted by Crippen LogP contribution is 2.27. The highest BCUT2D eigenvalue weighted by Gasteiger charge is 2.27. The Kier molecular flexibility index (Phi) is 4.54. The zero-order valence-electron chi connectivity index (χ0n) is 14.0. The lowest BCUT2D eigenvalue weighted by atomic mass is 10.1. The molecule has 0 bridgehead atoms. The summed E-state index contributed by atoms with van der Waals surface area (Å²) in [5, 5.41) is 7.12. The molecular formula is C16H20ClN7O. The molecule has 2 aromatic rings. The van der Waals surface area contributed by atoms with Gasteiger partial charge in [-0.3, -0.25) is 0 Å². The number of methoxy groups -OCH3 is 1. The second kappa shape index (κ2) is 6.97. The summed E-state index contributed by atoms with van der Waals surface area (Å²) in [6.07, 6.45) is 5.17. The summed E-state index contributed by atoms with van der Waals surface area (Å²) in [6.45, 7) is 3.59. The molecule has 2 aromatic heterocycles. The molecular weight excluding hydrogens is 342 g/mol. The minimum absolute atomic E-state index is 0.248. The van der Waals surface area contributed by atoms with Crippen molar-refractivity contribution in [2.75, 3.05) is 37.0 Å². The molecule has 2 N–H and O–H groups in total. The van der Waals surface area contributed by atoms with Crippen molar-refractivity contribution in [3.63, 3.8) is 0 Å². The summed E-state index contributed by atoms with van der Waals surface area (Å²) >= 11 is 5.98. The van der Waals surface area contributed by atoms with Gasteiger partial charge in [0.05, 0.1) is 19.0 Å². The quantitative estimate of drug-likeness (QED) is 0.841. The molecule has 0 amide bonds. The van der Waals surface area contributed by atoms with Crippen LogP contribution < -0.4 is 20.3 Å². The fourth-order valence-corrected chi connectivity index (χ4v) is 3.52. The summed E-state index contributed by atoms with van der Waals surface area (Å²) in [5.41, 5.74) is 2.38. The normalized spacial score (nSPS) is 19.6. The minimum Gasteiger partial charge on any atom is -0.480 e. The molecule has 1 unspecified atom stereocenters. The Morgan fingerprint density at radius 2 is 2.28 bits per heavy atom. The zero-order valence-corrected chi connectivity index (χ0v) is 14.8. The topological polar surface area (TPSA) is 88.1 Å². The number of halogens is 1. The number of hydrogen-bond acceptors (Lipinski definition) is 8. The van der Waals surface area contributed by atoms with E-state index in [1.54, 1.807) is 19.6 Å². The van der Waals surface area contributed by atoms with Crippen LogP contribution in [0.2, 0.25) is 5.02 Å². The lowest BCUT2D eigenvalue weighted by molar-refractivity contribution is 0.397. The van der Waals surface area contributed by atoms with Crippen LogP contribution in [0.1, 0.15) is 17.7 Å². The Morgan fingerprint density at radius 1 is 1.36 bits per heavy atom. The number of nitrogens with one attached hydrogen (secondary N) is 2. The number of fused-ring (bicyclic) bond motifs is 1. The smallest absolute Gasteiger partial charge is 0.237 e. The monoisotopic (exact) mass is 361 g/mol. The summed E-state index contributed by atoms with van der Waals surface area (Å²) in [4.78, 5) is 19.8. The largest absolute Gasteiger partial charge is 0.480 e. The van der Waals surface area contributed by atoms with E-state index in [9.17, 15) is 0 Å². The third-order valence-electron chi connectivity index (χ3n) is 4.58. The van der Waals surface area contributed by atoms with E-state index in [1.165, 1.54) is 5.56 Å². The highest BCUT2D eigenvalue weighted by molar-refractivity contribution is 6.31. The summed E-state index contributed by atoms with van der Waals surface area (Å²) in [5.74, 6) is 1.97. The van der Waals surface area contributed by atoms with Gasteiger partial charge in [-0.15, -0.1) is 0 Å². The Hall–Kier alpha value is -2.19. The van der Waals surface area contributed by atoms with Crippen molar-refractivity contribution < 1.29 is 4.74 Å². The first-order chi connectivity index (χ1) is 12.2. The highest BCUT2D eigenvalue weighted by atomic mass is 35.5. The van der Waals surface area contributed by atoms with Gasteiger partial charge in [-0.25, -0.2) is 15.0 Å². The molecule has 1 fully saturated rings. The van der Waals surface area contributed by atoms with Crippen LogP contribution in [0.3, 0.4) is 0 Å². The van der Waals surface area contributed by atoms with Crippen molar-refractivity contribution in [1.82, 2.24) is 25.3 Å². The van der Waals surface area contributed by atoms with Crippen LogP contribution in [0.4, 0.5) is 11.8 Å². The molecule has 1 atom stereocenters. The molecule has 9 heteroatoms. The van der Waals surface area contributed by atoms with E-state index >= 15 is 0 Å². The summed E-state index contributed by atoms with van der Waals surface area (Å²) in [6, 6.07) is 0.248. The standard InChI is InChI=1S/C16H20ClN7O/c1-25-15-12(17)6-19-16(23-15)22-10-3-5-24(8-10)14-11-2-4-18-7-13(11)20-9-21-14/h6,9-10,18H,2-5,7-8H2,1H3,(H,19,22,23). The number of rotatable bonds is 4. The fourth-order valence-electron chi connectivity index (χ4n) is 3.36. The maximum Gasteiger partial charge on any atom is 0.237 e. The van der Waals surface area contributed by atoms with Crippen molar-refractivity contribution in [1.29, 1.82) is 0 Å². The lowest BCUT2D eigenvalue weighted by Crippen LogP contribution is -2.31. The second-order valence-electron chi connectivity index (χ2n) is 6.18. The van der Waals surface area contributed by atoms with Crippen LogP contribution in [0.25, 0.3) is 0 Å². The molecule has 0 spiro atoms. The lowest BCUT2D eigenvalue weighted by Gasteiger charge is -2.24. The number of anilines is 2. The number of aromatic nitrogens is 4. The van der Waals surface area contributed by atoms with Gasteiger partial charge in [0.25, 0.3) is 0 Å². The predicted molar refractivity (Wildman–Crippen MR) is 95.3 cm³/mol. The third kappa shape index (κ3) is 3.32. The van der Waals surface area contributed by atoms with Crippen LogP contribution in [-0.2, 0) is 13.0 Å². The van der Waals surface area contributed by atoms with Crippen LogP contribution in [0.15, 0.2) is 12.5 Å². The third-order valence-corrected chi connectivity index (χ3v) is 4.84. The molecule has 25 heavy (non-hydrogen) atoms. The fraction of sp³-hybridized carbons (Fsp3) is 0.500. The first kappa shape index (κ1) is 16.3. The van der Waals surface area contributed by atoms with Crippen molar-refractivity contribution >= 4 is 23.4 Å². The SMILES string of the molecule is COc1nc(NC2CCN(c3ncnc4c3CCNC4)C2)ncc1Cl. The molecule has 2 aliphatic heterocycles. The van der Waals surface area contributed by atoms with Gasteiger partial charge in [-0.05, 0) is 19.4 Å². The van der Waals surface area contributed by atoms with E-state index in [-0.39, 0.29) is 6.04 Å². The van der Waals surface area contributed by atoms with Crippen molar-refractivity contribution in [3.8, 4) is 5.88 Å². The van der Waals surface area contributed by atoms with E-state index in [4.69, 9.17) is 16.3 Å². The van der Waals surface area contributed by atoms with Crippen LogP contribution in [-0.4, -0.2) is 52.7 Å². The Balaban J connectivity index is 1.47. The van der Waals surface area contributed by atoms with Gasteiger partial charge in [-0.2, -0.15) is 4.98 Å². The van der Waals surface area contributed by atoms with Crippen molar-refractivity contribution in [2.24, 2.45) is 0 Å². The molecule has 2 aliphatic rings. The Morgan fingerprint density at radius 3 is 3.16 bits per heavy atom. The van der Waals surface area contributed by atoms with Gasteiger partial charge < -0.3 is 20.3 Å². The first-order valence-electron chi connectivity index (χ1n) is 8.36. The van der Waals surface area contributed by atoms with Gasteiger partial charge in [0.1, 0.15) is 17.2 Å². The molecule has 0 saturated carbocycles. The van der Waals surface area contributed by atoms with Gasteiger partial charge in [0.2, 0.25) is 11.8 Å². The summed E-state index contributed by atoms with van der Waals surface area (Å²) in [7, 11) is 1.54. The number of hydrogen-bond donors (Lipinski definition) is 2. The van der Waals surface area contributed by atoms with Crippen LogP contribution in [0, 0.1) is 0 Å². The van der Waals surface area contributed by atoms with E-state index in [1.807, 2.05) is 0 Å². The maximum atomic E-state index is 5.98. The Labute approximate surface area is 151 Å². The van der Waals surface area contributed by atoms with E-state index in [2.05, 4.69) is 35.5 Å². The molecule has 0 radical (unpaired) electrons. The molecule has 8 nitrogen and oxygen atoms in total. The number of nitrogens with zero attached hydrogens (tertiary/aromatic N) is 5. The molecule has 0 aromatic carbocycles. The van der Waals surface area contributed by atoms with Crippen molar-refractivity contribution in [2.45, 2.75) is 25.4 Å². The minimum atomic E-state index is 0.248. The van der Waals surface area contributed by atoms with Gasteiger partial charge in [0, 0.05) is 31.2 Å². The van der Waals surface area contributed by atoms with E-state index < -0.39 is 0 Å². The molecule has 4 rings (SSSR count). The average molecular weight is 362 g/mol. The predicted octanol–water partition coefficient (Wildman–Crippen LogP) is 1.27. The van der Waals surface area contributed by atoms with Gasteiger partial charge in [-0.1, -0.05) is 11.6 Å². The molecule has 132 valence electrons. The summed E-state index contributed by atoms with van der Waals surface area (Å²) < 4.78 is 5.15. The van der Waals surface area contributed by atoms with Gasteiger partial charge in [0.15, 0.2) is 0 Å². The zero-order chi connectivity index (χ0) is 17.2. The molecule has 0 aliphatic carbocycles. The average Bonchev–Trinajstić information content (AvgIpc) is 3.11. The van der Waals surface area contributed by atoms with E-state index in [0.29, 0.717) is 16.9 Å². The van der Waals surface area contributed by atoms with Crippen LogP contribution in [0.5, 0.6) is 5.88 Å². The Bertz CT molecular complexity index is 772. The van der Waals surface area contributed by atoms with Crippen molar-refractivity contribution in [3.05, 3.63) is 28.8 Å². The maximum absolute atomic E-state index is 5.98. The molecule has 1 saturated heterocycles. The second-order valence-corrected chi connectivity index (χ2v) is 6.58. The molecule has 4 heterocycles.